The van der Waals surface area contributed by atoms with Gasteiger partial charge in [-0.15, -0.1) is 23.1 Å². The van der Waals surface area contributed by atoms with E-state index in [0.717, 1.165) is 66.2 Å². The van der Waals surface area contributed by atoms with E-state index >= 15 is 0 Å². The van der Waals surface area contributed by atoms with Crippen LogP contribution in [0.15, 0.2) is 40.0 Å². The molecule has 0 spiro atoms. The van der Waals surface area contributed by atoms with E-state index in [-0.39, 0.29) is 17.4 Å². The van der Waals surface area contributed by atoms with Crippen molar-refractivity contribution < 1.29 is 4.79 Å². The Morgan fingerprint density at radius 1 is 1.13 bits per heavy atom. The van der Waals surface area contributed by atoms with Gasteiger partial charge in [0.2, 0.25) is 5.91 Å². The molecule has 3 aromatic rings. The van der Waals surface area contributed by atoms with Crippen molar-refractivity contribution >= 4 is 39.7 Å². The van der Waals surface area contributed by atoms with E-state index in [1.54, 1.807) is 29.2 Å². The minimum Gasteiger partial charge on any atom is -0.325 e. The Morgan fingerprint density at radius 2 is 1.94 bits per heavy atom. The van der Waals surface area contributed by atoms with Crippen molar-refractivity contribution in [1.29, 1.82) is 0 Å². The van der Waals surface area contributed by atoms with E-state index in [4.69, 9.17) is 4.98 Å². The first-order valence-corrected chi connectivity index (χ1v) is 13.0. The molecule has 0 aliphatic heterocycles. The van der Waals surface area contributed by atoms with Crippen LogP contribution in [0.5, 0.6) is 0 Å². The summed E-state index contributed by atoms with van der Waals surface area (Å²) >= 11 is 3.28. The average Bonchev–Trinajstić information content (AvgIpc) is 3.18. The summed E-state index contributed by atoms with van der Waals surface area (Å²) in [4.78, 5) is 33.4. The smallest absolute Gasteiger partial charge is 0.259 e. The Balaban J connectivity index is 1.32. The molecular formula is C24H27N3O2S2. The first-order valence-electron chi connectivity index (χ1n) is 11.2. The summed E-state index contributed by atoms with van der Waals surface area (Å²) in [5, 5.41) is 3.15. The maximum Gasteiger partial charge on any atom is 0.259 e. The molecule has 5 rings (SSSR count). The van der Waals surface area contributed by atoms with Crippen LogP contribution >= 0.6 is 23.1 Å². The van der Waals surface area contributed by atoms with Gasteiger partial charge in [0, 0.05) is 33.2 Å². The number of rotatable bonds is 5. The van der Waals surface area contributed by atoms with Gasteiger partial charge >= 0.3 is 0 Å². The zero-order valence-corrected chi connectivity index (χ0v) is 19.2. The Hall–Kier alpha value is -2.12. The van der Waals surface area contributed by atoms with Crippen LogP contribution in [0.25, 0.3) is 4.96 Å². The lowest BCUT2D eigenvalue weighted by Crippen LogP contribution is -2.24. The molecule has 1 fully saturated rings. The quantitative estimate of drug-likeness (QED) is 0.522. The number of hydrogen-bond donors (Lipinski definition) is 1. The Kier molecular flexibility index (Phi) is 6.14. The van der Waals surface area contributed by atoms with Crippen LogP contribution in [0.4, 0.5) is 5.69 Å². The van der Waals surface area contributed by atoms with E-state index in [0.29, 0.717) is 5.75 Å². The molecule has 2 aliphatic rings. The highest BCUT2D eigenvalue weighted by Crippen LogP contribution is 2.32. The second-order valence-corrected chi connectivity index (χ2v) is 10.6. The molecule has 2 heterocycles. The molecule has 2 aromatic heterocycles. The minimum atomic E-state index is 0.0267. The van der Waals surface area contributed by atoms with Crippen molar-refractivity contribution in [3.63, 3.8) is 0 Å². The number of aryl methyl sites for hydroxylation is 2. The van der Waals surface area contributed by atoms with Crippen LogP contribution in [0.3, 0.4) is 0 Å². The van der Waals surface area contributed by atoms with Gasteiger partial charge in [0.05, 0.1) is 11.4 Å². The molecule has 0 radical (unpaired) electrons. The molecule has 7 heteroatoms. The number of benzene rings is 1. The van der Waals surface area contributed by atoms with Crippen molar-refractivity contribution in [2.24, 2.45) is 5.92 Å². The summed E-state index contributed by atoms with van der Waals surface area (Å²) in [7, 11) is 0. The van der Waals surface area contributed by atoms with Gasteiger partial charge in [-0.05, 0) is 50.7 Å². The molecule has 2 aliphatic carbocycles. The van der Waals surface area contributed by atoms with Gasteiger partial charge in [-0.1, -0.05) is 31.4 Å². The summed E-state index contributed by atoms with van der Waals surface area (Å²) in [6.07, 6.45) is 9.86. The zero-order valence-electron chi connectivity index (χ0n) is 17.6. The summed E-state index contributed by atoms with van der Waals surface area (Å²) in [5.41, 5.74) is 2.84. The molecule has 31 heavy (non-hydrogen) atoms. The Morgan fingerprint density at radius 3 is 2.81 bits per heavy atom. The van der Waals surface area contributed by atoms with Crippen molar-refractivity contribution in [3.05, 3.63) is 57.0 Å². The molecule has 5 nitrogen and oxygen atoms in total. The van der Waals surface area contributed by atoms with Gasteiger partial charge in [0.25, 0.3) is 5.56 Å². The number of para-hydroxylation sites is 1. The van der Waals surface area contributed by atoms with Crippen LogP contribution in [-0.2, 0) is 23.4 Å². The topological polar surface area (TPSA) is 63.5 Å². The van der Waals surface area contributed by atoms with Gasteiger partial charge in [-0.25, -0.2) is 4.98 Å². The van der Waals surface area contributed by atoms with Crippen LogP contribution in [0.2, 0.25) is 0 Å². The Labute approximate surface area is 190 Å². The molecule has 0 bridgehead atoms. The molecule has 1 saturated carbocycles. The second kappa shape index (κ2) is 9.17. The van der Waals surface area contributed by atoms with Gasteiger partial charge < -0.3 is 5.32 Å². The van der Waals surface area contributed by atoms with Crippen molar-refractivity contribution in [3.8, 4) is 0 Å². The number of anilines is 1. The first kappa shape index (κ1) is 20.8. The molecular weight excluding hydrogens is 426 g/mol. The third kappa shape index (κ3) is 4.44. The number of amides is 1. The van der Waals surface area contributed by atoms with Gasteiger partial charge in [-0.2, -0.15) is 0 Å². The highest BCUT2D eigenvalue weighted by Gasteiger charge is 2.22. The van der Waals surface area contributed by atoms with Crippen molar-refractivity contribution in [1.82, 2.24) is 9.38 Å². The molecule has 162 valence electrons. The molecule has 1 N–H and O–H groups in total. The third-order valence-corrected chi connectivity index (χ3v) is 8.56. The number of aromatic nitrogens is 2. The van der Waals surface area contributed by atoms with Crippen molar-refractivity contribution in [2.45, 2.75) is 68.4 Å². The average molecular weight is 454 g/mol. The van der Waals surface area contributed by atoms with Crippen LogP contribution in [0.1, 0.15) is 61.2 Å². The molecule has 1 aromatic carbocycles. The largest absolute Gasteiger partial charge is 0.325 e. The lowest BCUT2D eigenvalue weighted by molar-refractivity contribution is -0.120. The first-order chi connectivity index (χ1) is 15.2. The zero-order chi connectivity index (χ0) is 21.2. The third-order valence-electron chi connectivity index (χ3n) is 6.31. The summed E-state index contributed by atoms with van der Waals surface area (Å²) in [6, 6.07) is 9.59. The van der Waals surface area contributed by atoms with E-state index in [9.17, 15) is 9.59 Å². The fraction of sp³-hybridized carbons (Fsp3) is 0.458. The number of carbonyl (C=O) groups is 1. The predicted octanol–water partition coefficient (Wildman–Crippen LogP) is 5.45. The second-order valence-electron chi connectivity index (χ2n) is 8.49. The standard InChI is InChI=1S/C24H27N3O2S2/c28-22-14-17(25-24-27(22)19-11-5-7-13-21(19)31-24)15-30-20-12-6-4-10-18(20)26-23(29)16-8-2-1-3-9-16/h4,6,10,12,14,16H,1-3,5,7-9,11,13,15H2,(H,26,29). The number of nitrogens with zero attached hydrogens (tertiary/aromatic N) is 2. The van der Waals surface area contributed by atoms with Crippen molar-refractivity contribution in [2.75, 3.05) is 5.32 Å². The minimum absolute atomic E-state index is 0.0267. The fourth-order valence-electron chi connectivity index (χ4n) is 4.66. The van der Waals surface area contributed by atoms with E-state index in [1.807, 2.05) is 28.7 Å². The molecule has 0 atom stereocenters. The number of carbonyl (C=O) groups excluding carboxylic acids is 1. The lowest BCUT2D eigenvalue weighted by Gasteiger charge is -2.21. The maximum atomic E-state index is 12.8. The number of nitrogens with one attached hydrogen (secondary N) is 1. The SMILES string of the molecule is O=C(Nc1ccccc1SCc1cc(=O)n2c3c(sc2n1)CCCC3)C1CCCCC1. The molecule has 0 saturated heterocycles. The fourth-order valence-corrected chi connectivity index (χ4v) is 6.80. The van der Waals surface area contributed by atoms with Gasteiger partial charge in [-0.3, -0.25) is 14.0 Å². The highest BCUT2D eigenvalue weighted by atomic mass is 32.2. The number of hydrogen-bond acceptors (Lipinski definition) is 5. The summed E-state index contributed by atoms with van der Waals surface area (Å²) in [6.45, 7) is 0. The van der Waals surface area contributed by atoms with Gasteiger partial charge in [0.1, 0.15) is 0 Å². The van der Waals surface area contributed by atoms with Crippen LogP contribution < -0.4 is 10.9 Å². The summed E-state index contributed by atoms with van der Waals surface area (Å²) < 4.78 is 1.81. The Bertz CT molecular complexity index is 1160. The predicted molar refractivity (Wildman–Crippen MR) is 127 cm³/mol. The number of thioether (sulfide) groups is 1. The van der Waals surface area contributed by atoms with Gasteiger partial charge in [0.15, 0.2) is 4.96 Å². The number of fused-ring (bicyclic) bond motifs is 3. The van der Waals surface area contributed by atoms with E-state index < -0.39 is 0 Å². The van der Waals surface area contributed by atoms with E-state index in [1.165, 1.54) is 23.4 Å². The molecule has 0 unspecified atom stereocenters. The monoisotopic (exact) mass is 453 g/mol. The normalized spacial score (nSPS) is 16.9. The highest BCUT2D eigenvalue weighted by molar-refractivity contribution is 7.98. The molecule has 1 amide bonds. The number of thiazole rings is 1. The maximum absolute atomic E-state index is 12.8. The van der Waals surface area contributed by atoms with Crippen LogP contribution in [0, 0.1) is 5.92 Å². The van der Waals surface area contributed by atoms with E-state index in [2.05, 4.69) is 5.32 Å². The summed E-state index contributed by atoms with van der Waals surface area (Å²) in [5.74, 6) is 0.862. The lowest BCUT2D eigenvalue weighted by atomic mass is 9.88. The van der Waals surface area contributed by atoms with Crippen LogP contribution in [-0.4, -0.2) is 15.3 Å².